The highest BCUT2D eigenvalue weighted by molar-refractivity contribution is 5.71. The highest BCUT2D eigenvalue weighted by Crippen LogP contribution is 2.13. The molecule has 0 aromatic carbocycles. The van der Waals surface area contributed by atoms with Gasteiger partial charge in [0.05, 0.1) is 0 Å². The summed E-state index contributed by atoms with van der Waals surface area (Å²) >= 11 is 0. The Morgan fingerprint density at radius 1 is 0.304 bits per heavy atom. The van der Waals surface area contributed by atoms with E-state index < -0.39 is 6.10 Å². The summed E-state index contributed by atoms with van der Waals surface area (Å²) in [5, 5.41) is 0. The third-order valence-corrected chi connectivity index (χ3v) is 11.4. The molecule has 0 aromatic rings. The highest BCUT2D eigenvalue weighted by atomic mass is 16.6. The molecule has 390 valence electrons. The first-order chi connectivity index (χ1) is 34.0. The van der Waals surface area contributed by atoms with Crippen molar-refractivity contribution in [2.75, 3.05) is 13.2 Å². The summed E-state index contributed by atoms with van der Waals surface area (Å²) in [5.41, 5.74) is 0. The van der Waals surface area contributed by atoms with E-state index in [1.54, 1.807) is 0 Å². The first-order valence-corrected chi connectivity index (χ1v) is 28.0. The third-order valence-electron chi connectivity index (χ3n) is 11.4. The molecule has 0 aliphatic carbocycles. The molecular formula is C63H102O6. The van der Waals surface area contributed by atoms with E-state index in [0.29, 0.717) is 19.3 Å². The van der Waals surface area contributed by atoms with Crippen molar-refractivity contribution in [2.45, 2.75) is 245 Å². The molecule has 0 aromatic heterocycles. The zero-order valence-corrected chi connectivity index (χ0v) is 44.5. The largest absolute Gasteiger partial charge is 0.462 e. The number of hydrogen-bond donors (Lipinski definition) is 0. The first-order valence-electron chi connectivity index (χ1n) is 28.0. The number of esters is 3. The molecule has 0 unspecified atom stereocenters. The van der Waals surface area contributed by atoms with Crippen LogP contribution in [0.4, 0.5) is 0 Å². The van der Waals surface area contributed by atoms with Crippen LogP contribution in [0.5, 0.6) is 0 Å². The Morgan fingerprint density at radius 2 is 0.594 bits per heavy atom. The van der Waals surface area contributed by atoms with Crippen LogP contribution in [0, 0.1) is 0 Å². The lowest BCUT2D eigenvalue weighted by Crippen LogP contribution is -2.30. The van der Waals surface area contributed by atoms with Gasteiger partial charge in [-0.2, -0.15) is 0 Å². The number of carbonyl (C=O) groups is 3. The Morgan fingerprint density at radius 3 is 1.01 bits per heavy atom. The standard InChI is InChI=1S/C63H102O6/c1-4-7-10-13-16-19-22-25-27-29-31-33-35-38-41-44-47-50-53-56-62(65)68-59-60(58-67-61(64)55-52-49-46-43-40-37-24-21-18-15-12-9-6-3)69-63(66)57-54-51-48-45-42-39-36-34-32-30-28-26-23-20-17-14-11-8-5-2/h7,10,16-17,19-21,24-28,31-34,38,41,47,50,60H,4-6,8-9,11-15,18,22-23,29-30,35-37,39-40,42-46,48-49,51-59H2,1-3H3/b10-7-,19-16-,20-17-,24-21-,27-25-,28-26-,33-31-,34-32-,41-38-,50-47-/t60-/m1/s1. The minimum absolute atomic E-state index is 0.114. The monoisotopic (exact) mass is 955 g/mol. The molecule has 0 aliphatic heterocycles. The zero-order chi connectivity index (χ0) is 50.0. The van der Waals surface area contributed by atoms with Gasteiger partial charge in [-0.1, -0.05) is 219 Å². The first kappa shape index (κ1) is 64.8. The van der Waals surface area contributed by atoms with Gasteiger partial charge in [0, 0.05) is 19.3 Å². The Kier molecular flexibility index (Phi) is 53.0. The zero-order valence-electron chi connectivity index (χ0n) is 44.5. The van der Waals surface area contributed by atoms with Crippen LogP contribution in [-0.4, -0.2) is 37.2 Å². The molecule has 69 heavy (non-hydrogen) atoms. The van der Waals surface area contributed by atoms with Crippen molar-refractivity contribution in [3.63, 3.8) is 0 Å². The van der Waals surface area contributed by atoms with Gasteiger partial charge in [0.15, 0.2) is 6.10 Å². The molecule has 6 heteroatoms. The molecule has 0 saturated heterocycles. The second kappa shape index (κ2) is 56.4. The van der Waals surface area contributed by atoms with Gasteiger partial charge >= 0.3 is 17.9 Å². The maximum atomic E-state index is 12.8. The minimum atomic E-state index is -0.823. The van der Waals surface area contributed by atoms with Crippen LogP contribution in [0.3, 0.4) is 0 Å². The van der Waals surface area contributed by atoms with Crippen molar-refractivity contribution in [1.82, 2.24) is 0 Å². The summed E-state index contributed by atoms with van der Waals surface area (Å²) in [6.45, 7) is 6.39. The van der Waals surface area contributed by atoms with Gasteiger partial charge in [-0.25, -0.2) is 0 Å². The van der Waals surface area contributed by atoms with Crippen LogP contribution in [0.1, 0.15) is 239 Å². The molecule has 0 amide bonds. The van der Waals surface area contributed by atoms with Gasteiger partial charge < -0.3 is 14.2 Å². The molecule has 1 atom stereocenters. The molecule has 0 spiro atoms. The lowest BCUT2D eigenvalue weighted by atomic mass is 10.1. The van der Waals surface area contributed by atoms with Crippen LogP contribution in [0.15, 0.2) is 122 Å². The summed E-state index contributed by atoms with van der Waals surface area (Å²) in [5.74, 6) is -1.03. The molecule has 0 aliphatic rings. The number of rotatable bonds is 49. The minimum Gasteiger partial charge on any atom is -0.462 e. The average molecular weight is 956 g/mol. The number of hydrogen-bond acceptors (Lipinski definition) is 6. The van der Waals surface area contributed by atoms with E-state index in [2.05, 4.69) is 136 Å². The predicted molar refractivity (Wildman–Crippen MR) is 297 cm³/mol. The van der Waals surface area contributed by atoms with Crippen molar-refractivity contribution >= 4 is 17.9 Å². The van der Waals surface area contributed by atoms with Crippen molar-refractivity contribution in [3.8, 4) is 0 Å². The molecule has 0 radical (unpaired) electrons. The van der Waals surface area contributed by atoms with Gasteiger partial charge in [-0.15, -0.1) is 0 Å². The van der Waals surface area contributed by atoms with Crippen LogP contribution in [0.2, 0.25) is 0 Å². The van der Waals surface area contributed by atoms with E-state index in [9.17, 15) is 14.4 Å². The SMILES string of the molecule is CC/C=C\C/C=C\C/C=C\C/C=C\C/C=C\C/C=C\CCC(=O)OC[C@@H](COC(=O)CCCCCCC/C=C\CCCCCC)OC(=O)CCCCCCCC/C=C\C/C=C\C/C=C\CCCCC. The number of unbranched alkanes of at least 4 members (excludes halogenated alkanes) is 18. The van der Waals surface area contributed by atoms with Crippen molar-refractivity contribution in [1.29, 1.82) is 0 Å². The van der Waals surface area contributed by atoms with E-state index in [1.807, 2.05) is 6.08 Å². The van der Waals surface area contributed by atoms with Crippen LogP contribution in [-0.2, 0) is 28.6 Å². The molecule has 0 bridgehead atoms. The molecule has 0 heterocycles. The van der Waals surface area contributed by atoms with Crippen LogP contribution < -0.4 is 0 Å². The quantitative estimate of drug-likeness (QED) is 0.0262. The van der Waals surface area contributed by atoms with E-state index in [0.717, 1.165) is 116 Å². The molecule has 0 N–H and O–H groups in total. The summed E-state index contributed by atoms with van der Waals surface area (Å²) < 4.78 is 16.8. The van der Waals surface area contributed by atoms with Gasteiger partial charge in [0.25, 0.3) is 0 Å². The summed E-state index contributed by atoms with van der Waals surface area (Å²) in [6, 6.07) is 0. The topological polar surface area (TPSA) is 78.9 Å². The Bertz CT molecular complexity index is 1470. The average Bonchev–Trinajstić information content (AvgIpc) is 3.35. The van der Waals surface area contributed by atoms with E-state index in [1.165, 1.54) is 77.0 Å². The smallest absolute Gasteiger partial charge is 0.306 e. The Balaban J connectivity index is 4.54. The predicted octanol–water partition coefficient (Wildman–Crippen LogP) is 18.9. The van der Waals surface area contributed by atoms with Crippen molar-refractivity contribution in [2.24, 2.45) is 0 Å². The van der Waals surface area contributed by atoms with Gasteiger partial charge in [-0.3, -0.25) is 14.4 Å². The van der Waals surface area contributed by atoms with Gasteiger partial charge in [-0.05, 0) is 122 Å². The lowest BCUT2D eigenvalue weighted by molar-refractivity contribution is -0.166. The Labute approximate surface area is 424 Å². The fourth-order valence-electron chi connectivity index (χ4n) is 7.23. The van der Waals surface area contributed by atoms with E-state index >= 15 is 0 Å². The molecule has 0 saturated carbocycles. The summed E-state index contributed by atoms with van der Waals surface area (Å²) in [6.07, 6.45) is 77.6. The normalized spacial score (nSPS) is 13.0. The maximum absolute atomic E-state index is 12.8. The van der Waals surface area contributed by atoms with Gasteiger partial charge in [0.1, 0.15) is 13.2 Å². The maximum Gasteiger partial charge on any atom is 0.306 e. The molecule has 6 nitrogen and oxygen atoms in total. The third kappa shape index (κ3) is 54.6. The van der Waals surface area contributed by atoms with Crippen molar-refractivity contribution in [3.05, 3.63) is 122 Å². The molecule has 0 fully saturated rings. The fourth-order valence-corrected chi connectivity index (χ4v) is 7.23. The van der Waals surface area contributed by atoms with E-state index in [4.69, 9.17) is 14.2 Å². The number of ether oxygens (including phenoxy) is 3. The van der Waals surface area contributed by atoms with E-state index in [-0.39, 0.29) is 37.5 Å². The van der Waals surface area contributed by atoms with Crippen LogP contribution >= 0.6 is 0 Å². The molecular weight excluding hydrogens is 853 g/mol. The number of carbonyl (C=O) groups excluding carboxylic acids is 3. The number of allylic oxidation sites excluding steroid dienone is 20. The Hall–Kier alpha value is -4.19. The highest BCUT2D eigenvalue weighted by Gasteiger charge is 2.19. The van der Waals surface area contributed by atoms with Crippen molar-refractivity contribution < 1.29 is 28.6 Å². The van der Waals surface area contributed by atoms with Crippen LogP contribution in [0.25, 0.3) is 0 Å². The second-order valence-electron chi connectivity index (χ2n) is 18.1. The second-order valence-corrected chi connectivity index (χ2v) is 18.1. The summed E-state index contributed by atoms with van der Waals surface area (Å²) in [4.78, 5) is 38.1. The lowest BCUT2D eigenvalue weighted by Gasteiger charge is -2.18. The van der Waals surface area contributed by atoms with Gasteiger partial charge in [0.2, 0.25) is 0 Å². The fraction of sp³-hybridized carbons (Fsp3) is 0.635. The summed E-state index contributed by atoms with van der Waals surface area (Å²) in [7, 11) is 0. The molecule has 0 rings (SSSR count).